The molecule has 0 saturated carbocycles. The van der Waals surface area contributed by atoms with Crippen molar-refractivity contribution >= 4 is 17.5 Å². The molecular weight excluding hydrogens is 320 g/mol. The first kappa shape index (κ1) is 19.5. The molecular formula is C23H26N2O. The van der Waals surface area contributed by atoms with Crippen LogP contribution >= 0.6 is 0 Å². The van der Waals surface area contributed by atoms with E-state index < -0.39 is 5.41 Å². The molecule has 0 unspecified atom stereocenters. The number of anilines is 1. The van der Waals surface area contributed by atoms with Gasteiger partial charge >= 0.3 is 0 Å². The van der Waals surface area contributed by atoms with Crippen LogP contribution in [0.5, 0.6) is 0 Å². The van der Waals surface area contributed by atoms with E-state index in [-0.39, 0.29) is 11.4 Å². The second-order valence-corrected chi connectivity index (χ2v) is 7.34. The molecule has 2 rings (SSSR count). The maximum atomic E-state index is 12.3. The molecule has 2 aromatic rings. The minimum absolute atomic E-state index is 0.136. The second-order valence-electron chi connectivity index (χ2n) is 7.34. The van der Waals surface area contributed by atoms with Gasteiger partial charge in [-0.25, -0.2) is 0 Å². The van der Waals surface area contributed by atoms with Crippen LogP contribution in [-0.4, -0.2) is 12.3 Å². The number of rotatable bonds is 6. The summed E-state index contributed by atoms with van der Waals surface area (Å²) in [4.78, 5) is 14.6. The zero-order valence-electron chi connectivity index (χ0n) is 16.0. The van der Waals surface area contributed by atoms with Gasteiger partial charge in [0.2, 0.25) is 0 Å². The van der Waals surface area contributed by atoms with Gasteiger partial charge in [-0.2, -0.15) is 5.26 Å². The van der Waals surface area contributed by atoms with Crippen molar-refractivity contribution in [3.05, 3.63) is 71.3 Å². The number of nitriles is 1. The minimum atomic E-state index is -0.559. The van der Waals surface area contributed by atoms with Crippen molar-refractivity contribution < 1.29 is 4.79 Å². The highest BCUT2D eigenvalue weighted by atomic mass is 16.1. The largest absolute Gasteiger partial charge is 0.367 e. The summed E-state index contributed by atoms with van der Waals surface area (Å²) in [5, 5.41) is 9.32. The molecule has 0 radical (unpaired) electrons. The smallest absolute Gasteiger partial charge is 0.178 e. The van der Waals surface area contributed by atoms with Crippen LogP contribution in [0.15, 0.2) is 60.2 Å². The Hall–Kier alpha value is -2.86. The zero-order valence-corrected chi connectivity index (χ0v) is 16.0. The predicted octanol–water partition coefficient (Wildman–Crippen LogP) is 5.24. The predicted molar refractivity (Wildman–Crippen MR) is 108 cm³/mol. The summed E-state index contributed by atoms with van der Waals surface area (Å²) in [6, 6.07) is 20.4. The Labute approximate surface area is 156 Å². The Morgan fingerprint density at radius 2 is 1.69 bits per heavy atom. The van der Waals surface area contributed by atoms with Gasteiger partial charge in [0.1, 0.15) is 6.07 Å². The second kappa shape index (κ2) is 8.49. The van der Waals surface area contributed by atoms with Crippen LogP contribution in [0, 0.1) is 16.7 Å². The minimum Gasteiger partial charge on any atom is -0.367 e. The molecule has 0 N–H and O–H groups in total. The van der Waals surface area contributed by atoms with Gasteiger partial charge in [-0.05, 0) is 36.3 Å². The van der Waals surface area contributed by atoms with Crippen molar-refractivity contribution in [2.24, 2.45) is 5.41 Å². The van der Waals surface area contributed by atoms with Gasteiger partial charge in [0.25, 0.3) is 0 Å². The van der Waals surface area contributed by atoms with Crippen LogP contribution in [0.1, 0.15) is 38.8 Å². The molecule has 0 aromatic heterocycles. The average Bonchev–Trinajstić information content (AvgIpc) is 2.64. The molecule has 0 atom stereocenters. The first-order valence-corrected chi connectivity index (χ1v) is 8.90. The Balaban J connectivity index is 2.20. The van der Waals surface area contributed by atoms with Crippen LogP contribution in [0.25, 0.3) is 6.08 Å². The van der Waals surface area contributed by atoms with E-state index in [2.05, 4.69) is 24.0 Å². The lowest BCUT2D eigenvalue weighted by atomic mass is 9.86. The summed E-state index contributed by atoms with van der Waals surface area (Å²) in [6.45, 7) is 9.35. The molecule has 0 bridgehead atoms. The molecule has 2 aromatic carbocycles. The molecule has 134 valence electrons. The third-order valence-corrected chi connectivity index (χ3v) is 4.21. The summed E-state index contributed by atoms with van der Waals surface area (Å²) in [6.07, 6.45) is 1.67. The van der Waals surface area contributed by atoms with Gasteiger partial charge in [-0.1, -0.05) is 63.2 Å². The topological polar surface area (TPSA) is 44.1 Å². The number of nitrogens with zero attached hydrogens (tertiary/aromatic N) is 2. The van der Waals surface area contributed by atoms with Gasteiger partial charge in [0.15, 0.2) is 5.78 Å². The van der Waals surface area contributed by atoms with Crippen LogP contribution in [0.4, 0.5) is 5.69 Å². The summed E-state index contributed by atoms with van der Waals surface area (Å²) in [7, 11) is 0. The van der Waals surface area contributed by atoms with E-state index in [1.807, 2.05) is 69.3 Å². The molecule has 0 spiro atoms. The number of hydrogen-bond acceptors (Lipinski definition) is 3. The Morgan fingerprint density at radius 3 is 2.19 bits per heavy atom. The highest BCUT2D eigenvalue weighted by molar-refractivity contribution is 6.06. The molecule has 0 saturated heterocycles. The van der Waals surface area contributed by atoms with E-state index in [1.54, 1.807) is 6.08 Å². The zero-order chi connectivity index (χ0) is 19.2. The maximum Gasteiger partial charge on any atom is 0.178 e. The van der Waals surface area contributed by atoms with Gasteiger partial charge < -0.3 is 4.90 Å². The average molecular weight is 346 g/mol. The molecule has 0 fully saturated rings. The molecule has 26 heavy (non-hydrogen) atoms. The number of carbonyl (C=O) groups is 1. The highest BCUT2D eigenvalue weighted by Gasteiger charge is 2.24. The van der Waals surface area contributed by atoms with Crippen LogP contribution < -0.4 is 4.90 Å². The third kappa shape index (κ3) is 5.07. The lowest BCUT2D eigenvalue weighted by Crippen LogP contribution is -2.22. The van der Waals surface area contributed by atoms with Gasteiger partial charge in [0.05, 0.1) is 5.57 Å². The van der Waals surface area contributed by atoms with E-state index in [0.29, 0.717) is 0 Å². The monoisotopic (exact) mass is 346 g/mol. The van der Waals surface area contributed by atoms with Crippen molar-refractivity contribution in [2.45, 2.75) is 34.2 Å². The number of carbonyl (C=O) groups excluding carboxylic acids is 1. The fourth-order valence-corrected chi connectivity index (χ4v) is 2.69. The molecule has 3 nitrogen and oxygen atoms in total. The molecule has 0 amide bonds. The Morgan fingerprint density at radius 1 is 1.08 bits per heavy atom. The van der Waals surface area contributed by atoms with E-state index in [0.717, 1.165) is 24.3 Å². The van der Waals surface area contributed by atoms with Crippen molar-refractivity contribution in [1.82, 2.24) is 0 Å². The van der Waals surface area contributed by atoms with Gasteiger partial charge in [0, 0.05) is 24.2 Å². The van der Waals surface area contributed by atoms with Gasteiger partial charge in [-0.3, -0.25) is 4.79 Å². The SMILES string of the molecule is CCN(Cc1ccccc1)c1ccc(/C=C(\C#N)C(=O)C(C)(C)C)cc1. The number of benzene rings is 2. The van der Waals surface area contributed by atoms with Crippen molar-refractivity contribution in [1.29, 1.82) is 5.26 Å². The van der Waals surface area contributed by atoms with E-state index >= 15 is 0 Å². The first-order valence-electron chi connectivity index (χ1n) is 8.90. The van der Waals surface area contributed by atoms with Crippen LogP contribution in [-0.2, 0) is 11.3 Å². The molecule has 0 heterocycles. The Kier molecular flexibility index (Phi) is 6.36. The number of allylic oxidation sites excluding steroid dienone is 1. The molecule has 3 heteroatoms. The van der Waals surface area contributed by atoms with Crippen LogP contribution in [0.2, 0.25) is 0 Å². The van der Waals surface area contributed by atoms with E-state index in [4.69, 9.17) is 0 Å². The number of Topliss-reactive ketones (excluding diaryl/α,β-unsaturated/α-hetero) is 1. The molecule has 0 aliphatic carbocycles. The fourth-order valence-electron chi connectivity index (χ4n) is 2.69. The Bertz CT molecular complexity index is 806. The standard InChI is InChI=1S/C23H26N2O/c1-5-25(17-19-9-7-6-8-10-19)21-13-11-18(12-14-21)15-20(16-24)22(26)23(2,3)4/h6-15H,5,17H2,1-4H3/b20-15+. The summed E-state index contributed by atoms with van der Waals surface area (Å²) in [5.74, 6) is -0.136. The normalized spacial score (nSPS) is 11.7. The highest BCUT2D eigenvalue weighted by Crippen LogP contribution is 2.23. The van der Waals surface area contributed by atoms with Gasteiger partial charge in [-0.15, -0.1) is 0 Å². The third-order valence-electron chi connectivity index (χ3n) is 4.21. The molecule has 0 aliphatic rings. The summed E-state index contributed by atoms with van der Waals surface area (Å²) >= 11 is 0. The van der Waals surface area contributed by atoms with Crippen molar-refractivity contribution in [3.8, 4) is 6.07 Å². The summed E-state index contributed by atoms with van der Waals surface area (Å²) < 4.78 is 0. The van der Waals surface area contributed by atoms with Crippen LogP contribution in [0.3, 0.4) is 0 Å². The van der Waals surface area contributed by atoms with Crippen molar-refractivity contribution in [3.63, 3.8) is 0 Å². The number of hydrogen-bond donors (Lipinski definition) is 0. The maximum absolute atomic E-state index is 12.3. The van der Waals surface area contributed by atoms with E-state index in [1.165, 1.54) is 5.56 Å². The quantitative estimate of drug-likeness (QED) is 0.531. The van der Waals surface area contributed by atoms with E-state index in [9.17, 15) is 10.1 Å². The first-order chi connectivity index (χ1) is 12.3. The lowest BCUT2D eigenvalue weighted by molar-refractivity contribution is -0.121. The molecule has 0 aliphatic heterocycles. The number of ketones is 1. The lowest BCUT2D eigenvalue weighted by Gasteiger charge is -2.23. The summed E-state index contributed by atoms with van der Waals surface area (Å²) in [5.41, 5.74) is 2.88. The van der Waals surface area contributed by atoms with Crippen molar-refractivity contribution in [2.75, 3.05) is 11.4 Å². The fraction of sp³-hybridized carbons (Fsp3) is 0.304.